The van der Waals surface area contributed by atoms with Gasteiger partial charge in [-0.15, -0.1) is 0 Å². The molecule has 0 unspecified atom stereocenters. The highest BCUT2D eigenvalue weighted by atomic mass is 16.1. The van der Waals surface area contributed by atoms with E-state index in [0.29, 0.717) is 5.95 Å². The molecule has 4 aromatic rings. The Labute approximate surface area is 124 Å². The summed E-state index contributed by atoms with van der Waals surface area (Å²) in [7, 11) is 0. The molecule has 0 amide bonds. The molecule has 0 fully saturated rings. The monoisotopic (exact) mass is 292 g/mol. The number of nitrogens with two attached hydrogens (primary N) is 1. The third-order valence-corrected chi connectivity index (χ3v) is 3.42. The summed E-state index contributed by atoms with van der Waals surface area (Å²) in [6.45, 7) is 0. The number of H-pyrrole nitrogens is 2. The minimum atomic E-state index is -0.346. The van der Waals surface area contributed by atoms with Gasteiger partial charge >= 0.3 is 0 Å². The number of rotatable bonds is 2. The van der Waals surface area contributed by atoms with Crippen molar-refractivity contribution in [2.75, 3.05) is 11.1 Å². The van der Waals surface area contributed by atoms with Crippen molar-refractivity contribution < 1.29 is 0 Å². The quantitative estimate of drug-likeness (QED) is 0.452. The van der Waals surface area contributed by atoms with E-state index >= 15 is 0 Å². The van der Waals surface area contributed by atoms with Crippen molar-refractivity contribution in [3.8, 4) is 0 Å². The molecule has 0 atom stereocenters. The Morgan fingerprint density at radius 1 is 1.00 bits per heavy atom. The second-order valence-corrected chi connectivity index (χ2v) is 4.89. The fourth-order valence-corrected chi connectivity index (χ4v) is 2.45. The molecule has 0 aliphatic carbocycles. The molecule has 0 radical (unpaired) electrons. The maximum atomic E-state index is 11.8. The van der Waals surface area contributed by atoms with Crippen molar-refractivity contribution in [2.24, 2.45) is 0 Å². The summed E-state index contributed by atoms with van der Waals surface area (Å²) < 4.78 is 0. The molecular formula is C15H12N6O. The number of aromatic nitrogens is 4. The molecule has 7 nitrogen and oxygen atoms in total. The Kier molecular flexibility index (Phi) is 2.59. The van der Waals surface area contributed by atoms with Crippen LogP contribution < -0.4 is 16.6 Å². The Bertz CT molecular complexity index is 1040. The fourth-order valence-electron chi connectivity index (χ4n) is 2.45. The molecule has 0 saturated heterocycles. The zero-order valence-corrected chi connectivity index (χ0v) is 11.4. The second-order valence-electron chi connectivity index (χ2n) is 4.89. The van der Waals surface area contributed by atoms with Crippen LogP contribution in [-0.4, -0.2) is 19.9 Å². The standard InChI is InChI=1S/C15H12N6O/c16-14-19-12-11(13(22)21-14)18-15(20-12)17-10-7-3-5-8-4-1-2-6-9(8)10/h1-7H,(H5,16,17,18,19,20,21,22). The van der Waals surface area contributed by atoms with Gasteiger partial charge in [0, 0.05) is 11.1 Å². The molecular weight excluding hydrogens is 280 g/mol. The van der Waals surface area contributed by atoms with Gasteiger partial charge in [0.2, 0.25) is 11.9 Å². The summed E-state index contributed by atoms with van der Waals surface area (Å²) in [6.07, 6.45) is 0. The van der Waals surface area contributed by atoms with E-state index in [1.54, 1.807) is 0 Å². The van der Waals surface area contributed by atoms with Gasteiger partial charge in [0.25, 0.3) is 5.56 Å². The number of hydrogen-bond donors (Lipinski definition) is 4. The summed E-state index contributed by atoms with van der Waals surface area (Å²) in [5, 5.41) is 5.36. The van der Waals surface area contributed by atoms with Crippen LogP contribution in [0, 0.1) is 0 Å². The van der Waals surface area contributed by atoms with E-state index in [2.05, 4.69) is 25.3 Å². The Balaban J connectivity index is 1.83. The number of imidazole rings is 1. The Hall–Kier alpha value is -3.35. The number of nitrogens with zero attached hydrogens (tertiary/aromatic N) is 2. The van der Waals surface area contributed by atoms with Gasteiger partial charge in [-0.3, -0.25) is 9.78 Å². The van der Waals surface area contributed by atoms with E-state index in [1.807, 2.05) is 42.5 Å². The van der Waals surface area contributed by atoms with Gasteiger partial charge in [0.15, 0.2) is 11.2 Å². The van der Waals surface area contributed by atoms with Crippen molar-refractivity contribution in [1.82, 2.24) is 19.9 Å². The predicted molar refractivity (Wildman–Crippen MR) is 86.2 cm³/mol. The largest absolute Gasteiger partial charge is 0.369 e. The van der Waals surface area contributed by atoms with Crippen LogP contribution in [0.15, 0.2) is 47.3 Å². The number of benzene rings is 2. The molecule has 108 valence electrons. The molecule has 0 aliphatic rings. The highest BCUT2D eigenvalue weighted by molar-refractivity contribution is 5.95. The van der Waals surface area contributed by atoms with Crippen LogP contribution in [0.2, 0.25) is 0 Å². The third-order valence-electron chi connectivity index (χ3n) is 3.42. The number of fused-ring (bicyclic) bond motifs is 2. The van der Waals surface area contributed by atoms with Gasteiger partial charge in [-0.05, 0) is 11.5 Å². The summed E-state index contributed by atoms with van der Waals surface area (Å²) >= 11 is 0. The van der Waals surface area contributed by atoms with Crippen LogP contribution >= 0.6 is 0 Å². The predicted octanol–water partition coefficient (Wildman–Crippen LogP) is 2.13. The molecule has 0 aliphatic heterocycles. The van der Waals surface area contributed by atoms with Crippen LogP contribution in [0.5, 0.6) is 0 Å². The highest BCUT2D eigenvalue weighted by Gasteiger charge is 2.09. The lowest BCUT2D eigenvalue weighted by Crippen LogP contribution is -2.10. The van der Waals surface area contributed by atoms with E-state index < -0.39 is 0 Å². The summed E-state index contributed by atoms with van der Waals surface area (Å²) in [5.74, 6) is 0.482. The van der Waals surface area contributed by atoms with E-state index in [1.165, 1.54) is 0 Å². The fraction of sp³-hybridized carbons (Fsp3) is 0. The maximum absolute atomic E-state index is 11.8. The van der Waals surface area contributed by atoms with Gasteiger partial charge in [0.1, 0.15) is 0 Å². The number of anilines is 3. The normalized spacial score (nSPS) is 11.1. The summed E-state index contributed by atoms with van der Waals surface area (Å²) in [5.41, 5.74) is 6.63. The van der Waals surface area contributed by atoms with Crippen molar-refractivity contribution in [2.45, 2.75) is 0 Å². The van der Waals surface area contributed by atoms with E-state index in [-0.39, 0.29) is 22.7 Å². The van der Waals surface area contributed by atoms with Gasteiger partial charge in [0.05, 0.1) is 0 Å². The van der Waals surface area contributed by atoms with Crippen molar-refractivity contribution >= 4 is 39.5 Å². The lowest BCUT2D eigenvalue weighted by Gasteiger charge is -2.06. The van der Waals surface area contributed by atoms with Crippen molar-refractivity contribution in [3.63, 3.8) is 0 Å². The molecule has 7 heteroatoms. The minimum absolute atomic E-state index is 0.0423. The third kappa shape index (κ3) is 1.96. The zero-order valence-electron chi connectivity index (χ0n) is 11.4. The molecule has 22 heavy (non-hydrogen) atoms. The summed E-state index contributed by atoms with van der Waals surface area (Å²) in [6, 6.07) is 13.9. The molecule has 0 spiro atoms. The van der Waals surface area contributed by atoms with Crippen LogP contribution in [0.4, 0.5) is 17.6 Å². The molecule has 2 aromatic carbocycles. The molecule has 2 heterocycles. The zero-order chi connectivity index (χ0) is 15.1. The maximum Gasteiger partial charge on any atom is 0.278 e. The van der Waals surface area contributed by atoms with Crippen LogP contribution in [0.1, 0.15) is 0 Å². The van der Waals surface area contributed by atoms with Gasteiger partial charge in [-0.25, -0.2) is 0 Å². The minimum Gasteiger partial charge on any atom is -0.369 e. The first-order valence-electron chi connectivity index (χ1n) is 6.71. The lowest BCUT2D eigenvalue weighted by molar-refractivity contribution is 1.17. The van der Waals surface area contributed by atoms with Gasteiger partial charge < -0.3 is 16.0 Å². The second kappa shape index (κ2) is 4.59. The van der Waals surface area contributed by atoms with Crippen LogP contribution in [-0.2, 0) is 0 Å². The number of aromatic amines is 2. The smallest absolute Gasteiger partial charge is 0.278 e. The molecule has 4 rings (SSSR count). The average Bonchev–Trinajstić information content (AvgIpc) is 2.90. The number of hydrogen-bond acceptors (Lipinski definition) is 5. The van der Waals surface area contributed by atoms with E-state index in [0.717, 1.165) is 16.5 Å². The topological polar surface area (TPSA) is 112 Å². The first-order valence-corrected chi connectivity index (χ1v) is 6.71. The SMILES string of the molecule is Nc1nc2nc(Nc3cccc4ccccc34)[nH]c2c(=O)[nH]1. The Morgan fingerprint density at radius 3 is 2.73 bits per heavy atom. The molecule has 5 N–H and O–H groups in total. The average molecular weight is 292 g/mol. The van der Waals surface area contributed by atoms with Crippen LogP contribution in [0.25, 0.3) is 21.9 Å². The first kappa shape index (κ1) is 12.4. The highest BCUT2D eigenvalue weighted by Crippen LogP contribution is 2.25. The molecule has 2 aromatic heterocycles. The lowest BCUT2D eigenvalue weighted by atomic mass is 10.1. The number of nitrogen functional groups attached to an aromatic ring is 1. The summed E-state index contributed by atoms with van der Waals surface area (Å²) in [4.78, 5) is 25.4. The van der Waals surface area contributed by atoms with Crippen molar-refractivity contribution in [3.05, 3.63) is 52.8 Å². The van der Waals surface area contributed by atoms with Gasteiger partial charge in [-0.2, -0.15) is 9.97 Å². The van der Waals surface area contributed by atoms with E-state index in [4.69, 9.17) is 5.73 Å². The Morgan fingerprint density at radius 2 is 1.82 bits per heavy atom. The molecule has 0 bridgehead atoms. The van der Waals surface area contributed by atoms with Crippen molar-refractivity contribution in [1.29, 1.82) is 0 Å². The molecule has 0 saturated carbocycles. The van der Waals surface area contributed by atoms with Gasteiger partial charge in [-0.1, -0.05) is 36.4 Å². The number of nitrogens with one attached hydrogen (secondary N) is 3. The first-order chi connectivity index (χ1) is 10.7. The van der Waals surface area contributed by atoms with Crippen LogP contribution in [0.3, 0.4) is 0 Å². The van der Waals surface area contributed by atoms with E-state index in [9.17, 15) is 4.79 Å².